The molecule has 12 rings (SSSR count). The van der Waals surface area contributed by atoms with Crippen LogP contribution < -0.4 is 0 Å². The first-order valence-corrected chi connectivity index (χ1v) is 18.6. The molecule has 0 saturated heterocycles. The van der Waals surface area contributed by atoms with Crippen molar-refractivity contribution in [2.75, 3.05) is 0 Å². The molecule has 0 aliphatic heterocycles. The number of nitrogens with zero attached hydrogens (tertiary/aromatic N) is 3. The van der Waals surface area contributed by atoms with Crippen molar-refractivity contribution in [3.8, 4) is 17.1 Å². The van der Waals surface area contributed by atoms with E-state index in [1.54, 1.807) is 0 Å². The number of para-hydroxylation sites is 4. The first-order valence-electron chi connectivity index (χ1n) is 17.8. The van der Waals surface area contributed by atoms with Crippen LogP contribution in [-0.4, -0.2) is 13.7 Å². The molecule has 12 aromatic rings. The van der Waals surface area contributed by atoms with E-state index in [0.29, 0.717) is 0 Å². The summed E-state index contributed by atoms with van der Waals surface area (Å²) in [5, 5.41) is 10.2. The highest BCUT2D eigenvalue weighted by Crippen LogP contribution is 2.43. The fourth-order valence-electron chi connectivity index (χ4n) is 8.86. The van der Waals surface area contributed by atoms with Crippen LogP contribution in [0.25, 0.3) is 103 Å². The normalized spacial score (nSPS) is 12.2. The van der Waals surface area contributed by atoms with E-state index >= 15 is 0 Å². The second-order valence-electron chi connectivity index (χ2n) is 13.7. The lowest BCUT2D eigenvalue weighted by molar-refractivity contribution is 1.17. The Morgan fingerprint density at radius 1 is 0.288 bits per heavy atom. The fraction of sp³-hybridized carbons (Fsp3) is 0. The molecular weight excluding hydrogens is 651 g/mol. The van der Waals surface area contributed by atoms with Gasteiger partial charge >= 0.3 is 0 Å². The molecule has 0 fully saturated rings. The number of benzene rings is 8. The first kappa shape index (κ1) is 28.1. The van der Waals surface area contributed by atoms with E-state index in [4.69, 9.17) is 0 Å². The maximum absolute atomic E-state index is 2.50. The van der Waals surface area contributed by atoms with Gasteiger partial charge in [0.25, 0.3) is 0 Å². The summed E-state index contributed by atoms with van der Waals surface area (Å²) in [4.78, 5) is 0. The van der Waals surface area contributed by atoms with Crippen LogP contribution in [-0.2, 0) is 0 Å². The summed E-state index contributed by atoms with van der Waals surface area (Å²) in [6.45, 7) is 0. The molecule has 0 aliphatic carbocycles. The Kier molecular flexibility index (Phi) is 5.65. The van der Waals surface area contributed by atoms with Crippen molar-refractivity contribution in [2.24, 2.45) is 0 Å². The molecule has 4 heterocycles. The lowest BCUT2D eigenvalue weighted by atomic mass is 10.1. The van der Waals surface area contributed by atoms with Crippen molar-refractivity contribution in [2.45, 2.75) is 0 Å². The van der Waals surface area contributed by atoms with Crippen molar-refractivity contribution < 1.29 is 0 Å². The number of hydrogen-bond donors (Lipinski definition) is 0. The van der Waals surface area contributed by atoms with Crippen LogP contribution in [0.2, 0.25) is 0 Å². The highest BCUT2D eigenvalue weighted by atomic mass is 32.1. The number of aromatic nitrogens is 3. The number of rotatable bonds is 3. The van der Waals surface area contributed by atoms with Crippen LogP contribution >= 0.6 is 11.3 Å². The molecule has 0 spiro atoms. The Morgan fingerprint density at radius 2 is 0.808 bits per heavy atom. The molecule has 242 valence electrons. The molecule has 0 amide bonds. The van der Waals surface area contributed by atoms with Gasteiger partial charge in [0.1, 0.15) is 0 Å². The van der Waals surface area contributed by atoms with Gasteiger partial charge in [-0.05, 0) is 72.8 Å². The summed E-state index contributed by atoms with van der Waals surface area (Å²) in [6.07, 6.45) is 0. The average molecular weight is 680 g/mol. The van der Waals surface area contributed by atoms with Gasteiger partial charge in [-0.2, -0.15) is 0 Å². The Bertz CT molecular complexity index is 3410. The Labute approximate surface area is 302 Å². The zero-order chi connectivity index (χ0) is 33.9. The lowest BCUT2D eigenvalue weighted by Gasteiger charge is -2.11. The third-order valence-electron chi connectivity index (χ3n) is 11.0. The van der Waals surface area contributed by atoms with E-state index in [1.807, 2.05) is 11.3 Å². The van der Waals surface area contributed by atoms with Crippen molar-refractivity contribution in [1.82, 2.24) is 13.7 Å². The van der Waals surface area contributed by atoms with E-state index in [-0.39, 0.29) is 0 Å². The van der Waals surface area contributed by atoms with E-state index in [9.17, 15) is 0 Å². The minimum atomic E-state index is 1.16. The van der Waals surface area contributed by atoms with Gasteiger partial charge in [0.15, 0.2) is 0 Å². The third-order valence-corrected chi connectivity index (χ3v) is 12.2. The van der Waals surface area contributed by atoms with Crippen molar-refractivity contribution in [3.63, 3.8) is 0 Å². The summed E-state index contributed by atoms with van der Waals surface area (Å²) < 4.78 is 9.99. The molecule has 0 bridgehead atoms. The molecule has 52 heavy (non-hydrogen) atoms. The molecule has 8 aromatic carbocycles. The zero-order valence-corrected chi connectivity index (χ0v) is 28.8. The smallest absolute Gasteiger partial charge is 0.0641 e. The summed E-state index contributed by atoms with van der Waals surface area (Å²) >= 11 is 1.87. The largest absolute Gasteiger partial charge is 0.309 e. The number of fused-ring (bicyclic) bond motifs is 13. The minimum absolute atomic E-state index is 1.16. The fourth-order valence-corrected chi connectivity index (χ4v) is 10.0. The van der Waals surface area contributed by atoms with Crippen LogP contribution in [0.15, 0.2) is 176 Å². The maximum atomic E-state index is 2.50. The second kappa shape index (κ2) is 10.5. The molecule has 4 aromatic heterocycles. The van der Waals surface area contributed by atoms with Crippen molar-refractivity contribution in [3.05, 3.63) is 176 Å². The van der Waals surface area contributed by atoms with E-state index < -0.39 is 0 Å². The molecular formula is C48H29N3S. The van der Waals surface area contributed by atoms with Gasteiger partial charge in [0.2, 0.25) is 0 Å². The van der Waals surface area contributed by atoms with Gasteiger partial charge < -0.3 is 13.7 Å². The monoisotopic (exact) mass is 679 g/mol. The lowest BCUT2D eigenvalue weighted by Crippen LogP contribution is -1.96. The molecule has 0 unspecified atom stereocenters. The summed E-state index contributed by atoms with van der Waals surface area (Å²) in [5.74, 6) is 0. The highest BCUT2D eigenvalue weighted by molar-refractivity contribution is 7.25. The molecule has 4 heteroatoms. The standard InChI is InChI=1S/C48H29N3S/c1-2-12-30(13-3-1)49-42-20-10-6-17-38(42)47-44(49)27-25-37-33-14-4-9-19-41(33)51(48(37)47)31-23-26-43-39(28-31)34-15-5-8-18-40(34)50(43)32-22-24-36-35-16-7-11-21-45(35)52-46(36)29-32/h1-29H. The van der Waals surface area contributed by atoms with Gasteiger partial charge in [-0.1, -0.05) is 103 Å². The van der Waals surface area contributed by atoms with Gasteiger partial charge in [-0.25, -0.2) is 0 Å². The molecule has 0 N–H and O–H groups in total. The quantitative estimate of drug-likeness (QED) is 0.177. The highest BCUT2D eigenvalue weighted by Gasteiger charge is 2.22. The van der Waals surface area contributed by atoms with Crippen molar-refractivity contribution >= 4 is 96.9 Å². The molecule has 3 nitrogen and oxygen atoms in total. The van der Waals surface area contributed by atoms with Gasteiger partial charge in [0.05, 0.1) is 33.1 Å². The predicted molar refractivity (Wildman–Crippen MR) is 222 cm³/mol. The molecule has 0 saturated carbocycles. The van der Waals surface area contributed by atoms with Crippen LogP contribution in [0, 0.1) is 0 Å². The van der Waals surface area contributed by atoms with Crippen LogP contribution in [0.5, 0.6) is 0 Å². The van der Waals surface area contributed by atoms with E-state index in [2.05, 4.69) is 190 Å². The third kappa shape index (κ3) is 3.74. The van der Waals surface area contributed by atoms with E-state index in [1.165, 1.54) is 97.0 Å². The Balaban J connectivity index is 1.16. The predicted octanol–water partition coefficient (Wildman–Crippen LogP) is 13.3. The minimum Gasteiger partial charge on any atom is -0.309 e. The van der Waals surface area contributed by atoms with Crippen LogP contribution in [0.4, 0.5) is 0 Å². The molecule has 0 aliphatic rings. The summed E-state index contributed by atoms with van der Waals surface area (Å²) in [7, 11) is 0. The SMILES string of the molecule is c1ccc(-n2c3ccccc3c3c2ccc2c4ccccc4n(-c4ccc5c(c4)c4ccccc4n5-c4ccc5c(c4)sc4ccccc45)c23)cc1. The second-order valence-corrected chi connectivity index (χ2v) is 14.8. The van der Waals surface area contributed by atoms with Crippen LogP contribution in [0.3, 0.4) is 0 Å². The zero-order valence-electron chi connectivity index (χ0n) is 28.0. The van der Waals surface area contributed by atoms with Gasteiger partial charge in [0, 0.05) is 69.6 Å². The van der Waals surface area contributed by atoms with Gasteiger partial charge in [-0.15, -0.1) is 11.3 Å². The van der Waals surface area contributed by atoms with Gasteiger partial charge in [-0.3, -0.25) is 0 Å². The van der Waals surface area contributed by atoms with E-state index in [0.717, 1.165) is 5.69 Å². The topological polar surface area (TPSA) is 14.8 Å². The Morgan fingerprint density at radius 3 is 1.62 bits per heavy atom. The summed E-state index contributed by atoms with van der Waals surface area (Å²) in [6, 6.07) is 64.7. The average Bonchev–Trinajstić information content (AvgIpc) is 3.94. The maximum Gasteiger partial charge on any atom is 0.0641 e. The summed E-state index contributed by atoms with van der Waals surface area (Å²) in [5.41, 5.74) is 10.8. The number of hydrogen-bond acceptors (Lipinski definition) is 1. The Hall–Kier alpha value is -6.62. The molecule has 0 radical (unpaired) electrons. The van der Waals surface area contributed by atoms with Crippen LogP contribution in [0.1, 0.15) is 0 Å². The number of thiophene rings is 1. The first-order chi connectivity index (χ1) is 25.8. The van der Waals surface area contributed by atoms with Crippen molar-refractivity contribution in [1.29, 1.82) is 0 Å². The molecule has 0 atom stereocenters.